The van der Waals surface area contributed by atoms with Crippen LogP contribution in [0.3, 0.4) is 0 Å². The molecule has 0 spiro atoms. The van der Waals surface area contributed by atoms with E-state index in [9.17, 15) is 9.59 Å². The molecular formula is C19H30N2O3. The van der Waals surface area contributed by atoms with Crippen LogP contribution in [0.25, 0.3) is 0 Å². The third-order valence-corrected chi connectivity index (χ3v) is 3.95. The Balaban J connectivity index is 2.86. The largest absolute Gasteiger partial charge is 0.497 e. The van der Waals surface area contributed by atoms with E-state index in [-0.39, 0.29) is 11.8 Å². The summed E-state index contributed by atoms with van der Waals surface area (Å²) < 4.78 is 5.24. The first-order valence-electron chi connectivity index (χ1n) is 8.73. The maximum Gasteiger partial charge on any atom is 0.242 e. The summed E-state index contributed by atoms with van der Waals surface area (Å²) in [5, 5.41) is 2.91. The van der Waals surface area contributed by atoms with Gasteiger partial charge in [-0.15, -0.1) is 0 Å². The van der Waals surface area contributed by atoms with Gasteiger partial charge < -0.3 is 15.0 Å². The highest BCUT2D eigenvalue weighted by atomic mass is 16.5. The molecule has 0 heterocycles. The van der Waals surface area contributed by atoms with Crippen LogP contribution in [-0.4, -0.2) is 36.4 Å². The van der Waals surface area contributed by atoms with Crippen LogP contribution in [0.5, 0.6) is 5.75 Å². The number of unbranched alkanes of at least 4 members (excludes halogenated alkanes) is 1. The molecule has 1 aromatic rings. The van der Waals surface area contributed by atoms with Gasteiger partial charge in [0.25, 0.3) is 0 Å². The van der Waals surface area contributed by atoms with Gasteiger partial charge in [-0.2, -0.15) is 0 Å². The molecule has 0 bridgehead atoms. The van der Waals surface area contributed by atoms with Crippen molar-refractivity contribution in [3.05, 3.63) is 29.8 Å². The van der Waals surface area contributed by atoms with Crippen molar-refractivity contribution in [2.75, 3.05) is 13.7 Å². The molecule has 1 aromatic carbocycles. The fraction of sp³-hybridized carbons (Fsp3) is 0.579. The van der Waals surface area contributed by atoms with Crippen molar-refractivity contribution in [1.82, 2.24) is 10.2 Å². The first-order chi connectivity index (χ1) is 11.5. The van der Waals surface area contributed by atoms with Crippen LogP contribution in [0.2, 0.25) is 0 Å². The van der Waals surface area contributed by atoms with Crippen molar-refractivity contribution in [3.8, 4) is 5.75 Å². The lowest BCUT2D eigenvalue weighted by Gasteiger charge is -2.29. The van der Waals surface area contributed by atoms with Crippen LogP contribution >= 0.6 is 0 Å². The second-order valence-electron chi connectivity index (χ2n) is 5.94. The van der Waals surface area contributed by atoms with Gasteiger partial charge in [0.1, 0.15) is 11.8 Å². The third kappa shape index (κ3) is 6.22. The summed E-state index contributed by atoms with van der Waals surface area (Å²) in [5.74, 6) is 0.643. The number of nitrogens with one attached hydrogen (secondary N) is 1. The topological polar surface area (TPSA) is 58.6 Å². The number of hydrogen-bond donors (Lipinski definition) is 1. The minimum Gasteiger partial charge on any atom is -0.497 e. The molecule has 1 atom stereocenters. The van der Waals surface area contributed by atoms with E-state index >= 15 is 0 Å². The summed E-state index contributed by atoms with van der Waals surface area (Å²) >= 11 is 0. The predicted molar refractivity (Wildman–Crippen MR) is 95.8 cm³/mol. The van der Waals surface area contributed by atoms with Gasteiger partial charge in [-0.1, -0.05) is 32.4 Å². The Morgan fingerprint density at radius 1 is 1.25 bits per heavy atom. The average Bonchev–Trinajstić information content (AvgIpc) is 2.59. The first-order valence-corrected chi connectivity index (χ1v) is 8.73. The molecule has 134 valence electrons. The van der Waals surface area contributed by atoms with Gasteiger partial charge in [0.05, 0.1) is 7.11 Å². The van der Waals surface area contributed by atoms with Crippen LogP contribution in [0.1, 0.15) is 52.0 Å². The molecule has 0 saturated carbocycles. The fourth-order valence-corrected chi connectivity index (χ4v) is 2.44. The molecular weight excluding hydrogens is 304 g/mol. The Bertz CT molecular complexity index is 531. The monoisotopic (exact) mass is 334 g/mol. The first kappa shape index (κ1) is 20.0. The van der Waals surface area contributed by atoms with E-state index in [1.54, 1.807) is 18.9 Å². The number of carbonyl (C=O) groups is 2. The highest BCUT2D eigenvalue weighted by molar-refractivity contribution is 5.87. The van der Waals surface area contributed by atoms with Crippen LogP contribution in [0.4, 0.5) is 0 Å². The number of rotatable bonds is 10. The normalized spacial score (nSPS) is 11.7. The zero-order valence-electron chi connectivity index (χ0n) is 15.3. The third-order valence-electron chi connectivity index (χ3n) is 3.95. The van der Waals surface area contributed by atoms with Gasteiger partial charge >= 0.3 is 0 Å². The number of amides is 2. The highest BCUT2D eigenvalue weighted by Gasteiger charge is 2.25. The summed E-state index contributed by atoms with van der Waals surface area (Å²) in [6.45, 7) is 6.88. The molecule has 1 N–H and O–H groups in total. The van der Waals surface area contributed by atoms with E-state index < -0.39 is 6.04 Å². The second-order valence-corrected chi connectivity index (χ2v) is 5.94. The van der Waals surface area contributed by atoms with Crippen molar-refractivity contribution in [2.45, 2.75) is 59.0 Å². The van der Waals surface area contributed by atoms with Crippen molar-refractivity contribution in [1.29, 1.82) is 0 Å². The Kier molecular flexibility index (Phi) is 8.90. The van der Waals surface area contributed by atoms with Crippen LogP contribution in [0, 0.1) is 0 Å². The van der Waals surface area contributed by atoms with Crippen molar-refractivity contribution in [2.24, 2.45) is 0 Å². The summed E-state index contributed by atoms with van der Waals surface area (Å²) in [4.78, 5) is 26.5. The molecule has 24 heavy (non-hydrogen) atoms. The van der Waals surface area contributed by atoms with E-state index in [4.69, 9.17) is 4.74 Å². The minimum absolute atomic E-state index is 0.00142. The van der Waals surface area contributed by atoms with Crippen LogP contribution in [-0.2, 0) is 16.1 Å². The van der Waals surface area contributed by atoms with Gasteiger partial charge in [-0.3, -0.25) is 9.59 Å². The number of carbonyl (C=O) groups excluding carboxylic acids is 2. The van der Waals surface area contributed by atoms with Gasteiger partial charge in [-0.25, -0.2) is 0 Å². The van der Waals surface area contributed by atoms with Gasteiger partial charge in [0.15, 0.2) is 0 Å². The quantitative estimate of drug-likeness (QED) is 0.669. The van der Waals surface area contributed by atoms with Crippen molar-refractivity contribution < 1.29 is 14.3 Å². The molecule has 0 aliphatic carbocycles. The smallest absolute Gasteiger partial charge is 0.242 e. The van der Waals surface area contributed by atoms with Crippen molar-refractivity contribution >= 4 is 11.8 Å². The van der Waals surface area contributed by atoms with Crippen LogP contribution < -0.4 is 10.1 Å². The second kappa shape index (κ2) is 10.7. The van der Waals surface area contributed by atoms with E-state index in [1.807, 2.05) is 31.2 Å². The molecule has 5 heteroatoms. The Morgan fingerprint density at radius 3 is 2.62 bits per heavy atom. The van der Waals surface area contributed by atoms with E-state index in [0.717, 1.165) is 30.6 Å². The molecule has 5 nitrogen and oxygen atoms in total. The number of hydrogen-bond acceptors (Lipinski definition) is 3. The maximum absolute atomic E-state index is 12.5. The maximum atomic E-state index is 12.5. The van der Waals surface area contributed by atoms with Crippen LogP contribution in [0.15, 0.2) is 24.3 Å². The summed E-state index contributed by atoms with van der Waals surface area (Å²) in [6, 6.07) is 7.10. The summed E-state index contributed by atoms with van der Waals surface area (Å²) in [5.41, 5.74) is 0.951. The standard InChI is InChI=1S/C19H30N2O3/c1-5-7-12-20-19(23)15(3)21(18(22)9-6-2)14-16-10-8-11-17(13-16)24-4/h8,10-11,13,15H,5-7,9,12,14H2,1-4H3,(H,20,23)/t15-/m1/s1. The molecule has 0 aliphatic heterocycles. The summed E-state index contributed by atoms with van der Waals surface area (Å²) in [6.07, 6.45) is 3.17. The van der Waals surface area contributed by atoms with Gasteiger partial charge in [0.2, 0.25) is 11.8 Å². The zero-order valence-corrected chi connectivity index (χ0v) is 15.3. The molecule has 0 fully saturated rings. The number of methoxy groups -OCH3 is 1. The SMILES string of the molecule is CCCCNC(=O)[C@@H](C)N(Cc1cccc(OC)c1)C(=O)CCC. The number of benzene rings is 1. The minimum atomic E-state index is -0.493. The lowest BCUT2D eigenvalue weighted by molar-refractivity contribution is -0.140. The number of ether oxygens (including phenoxy) is 1. The molecule has 0 unspecified atom stereocenters. The van der Waals surface area contributed by atoms with Crippen molar-refractivity contribution in [3.63, 3.8) is 0 Å². The summed E-state index contributed by atoms with van der Waals surface area (Å²) in [7, 11) is 1.61. The van der Waals surface area contributed by atoms with Gasteiger partial charge in [0, 0.05) is 19.5 Å². The molecule has 1 rings (SSSR count). The lowest BCUT2D eigenvalue weighted by Crippen LogP contribution is -2.47. The van der Waals surface area contributed by atoms with E-state index in [0.29, 0.717) is 19.5 Å². The Hall–Kier alpha value is -2.04. The molecule has 0 radical (unpaired) electrons. The molecule has 2 amide bonds. The van der Waals surface area contributed by atoms with E-state index in [2.05, 4.69) is 12.2 Å². The Labute approximate surface area is 145 Å². The molecule has 0 saturated heterocycles. The highest BCUT2D eigenvalue weighted by Crippen LogP contribution is 2.17. The Morgan fingerprint density at radius 2 is 2.00 bits per heavy atom. The lowest BCUT2D eigenvalue weighted by atomic mass is 10.1. The number of nitrogens with zero attached hydrogens (tertiary/aromatic N) is 1. The fourth-order valence-electron chi connectivity index (χ4n) is 2.44. The average molecular weight is 334 g/mol. The molecule has 0 aliphatic rings. The predicted octanol–water partition coefficient (Wildman–Crippen LogP) is 3.13. The molecule has 0 aromatic heterocycles. The van der Waals surface area contributed by atoms with Gasteiger partial charge in [-0.05, 0) is 37.5 Å². The van der Waals surface area contributed by atoms with E-state index in [1.165, 1.54) is 0 Å². The zero-order chi connectivity index (χ0) is 17.9.